The van der Waals surface area contributed by atoms with E-state index in [-0.39, 0.29) is 29.6 Å². The molecule has 0 atom stereocenters. The van der Waals surface area contributed by atoms with Gasteiger partial charge in [0.2, 0.25) is 0 Å². The van der Waals surface area contributed by atoms with Crippen molar-refractivity contribution in [1.82, 2.24) is 4.81 Å². The van der Waals surface area contributed by atoms with Crippen LogP contribution in [-0.4, -0.2) is 24.2 Å². The fourth-order valence-electron chi connectivity index (χ4n) is 4.18. The van der Waals surface area contributed by atoms with Crippen LogP contribution in [0.3, 0.4) is 0 Å². The molecular weight excluding hydrogens is 312 g/mol. The van der Waals surface area contributed by atoms with Crippen molar-refractivity contribution in [3.8, 4) is 0 Å². The van der Waals surface area contributed by atoms with Crippen LogP contribution in [0.25, 0.3) is 0 Å². The smallest absolute Gasteiger partial charge is 0.463 e. The van der Waals surface area contributed by atoms with Gasteiger partial charge >= 0.3 is 29.6 Å². The largest absolute Gasteiger partial charge is 1.00 e. The van der Waals surface area contributed by atoms with Gasteiger partial charge in [0.05, 0.1) is 0 Å². The first-order valence-corrected chi connectivity index (χ1v) is 8.90. The van der Waals surface area contributed by atoms with Crippen molar-refractivity contribution in [2.75, 3.05) is 13.1 Å². The molecule has 0 N–H and O–H groups in total. The monoisotopic (exact) mass is 337 g/mol. The van der Waals surface area contributed by atoms with Crippen LogP contribution in [-0.2, 0) is 0 Å². The second-order valence-corrected chi connectivity index (χ2v) is 6.27. The average molecular weight is 337 g/mol. The molecule has 25 heavy (non-hydrogen) atoms. The maximum absolute atomic E-state index is 2.61. The molecule has 0 aliphatic heterocycles. The van der Waals surface area contributed by atoms with Gasteiger partial charge in [0.25, 0.3) is 0 Å². The first-order valence-electron chi connectivity index (χ1n) is 8.90. The van der Waals surface area contributed by atoms with E-state index in [1.165, 1.54) is 16.4 Å². The second-order valence-electron chi connectivity index (χ2n) is 6.27. The van der Waals surface area contributed by atoms with Crippen LogP contribution in [0.2, 0.25) is 0 Å². The Balaban J connectivity index is 0.00000225. The molecule has 1 nitrogen and oxygen atoms in total. The zero-order valence-corrected chi connectivity index (χ0v) is 17.6. The van der Waals surface area contributed by atoms with Crippen molar-refractivity contribution in [1.29, 1.82) is 0 Å². The number of hydrogen-bond donors (Lipinski definition) is 0. The van der Waals surface area contributed by atoms with E-state index in [9.17, 15) is 0 Å². The summed E-state index contributed by atoms with van der Waals surface area (Å²) in [5.74, 6) is 0. The number of nitrogens with zero attached hydrogens (tertiary/aromatic N) is 1. The summed E-state index contributed by atoms with van der Waals surface area (Å²) in [4.78, 5) is 2.61. The van der Waals surface area contributed by atoms with Crippen molar-refractivity contribution >= 4 is 22.7 Å². The third-order valence-electron chi connectivity index (χ3n) is 5.21. The predicted octanol–water partition coefficient (Wildman–Crippen LogP) is -0.000700. The zero-order valence-electron chi connectivity index (χ0n) is 15.6. The van der Waals surface area contributed by atoms with Crippen LogP contribution >= 0.6 is 0 Å². The van der Waals surface area contributed by atoms with Crippen LogP contribution in [0.15, 0.2) is 91.0 Å². The Morgan fingerprint density at radius 3 is 1.08 bits per heavy atom. The van der Waals surface area contributed by atoms with E-state index in [2.05, 4.69) is 110 Å². The molecule has 0 aliphatic carbocycles. The van der Waals surface area contributed by atoms with Gasteiger partial charge in [-0.1, -0.05) is 105 Å². The minimum Gasteiger partial charge on any atom is -0.463 e. The van der Waals surface area contributed by atoms with Gasteiger partial charge in [-0.05, 0) is 13.1 Å². The molecular formula is C22H25BNNa. The predicted molar refractivity (Wildman–Crippen MR) is 107 cm³/mol. The van der Waals surface area contributed by atoms with Crippen LogP contribution in [0.4, 0.5) is 0 Å². The van der Waals surface area contributed by atoms with Crippen LogP contribution in [0, 0.1) is 0 Å². The van der Waals surface area contributed by atoms with Crippen LogP contribution < -0.4 is 45.9 Å². The summed E-state index contributed by atoms with van der Waals surface area (Å²) in [7, 11) is 0. The maximum Gasteiger partial charge on any atom is 1.00 e. The molecule has 0 amide bonds. The number of hydrogen-bond acceptors (Lipinski definition) is 1. The van der Waals surface area contributed by atoms with Crippen molar-refractivity contribution in [3.63, 3.8) is 0 Å². The van der Waals surface area contributed by atoms with Gasteiger partial charge in [-0.2, -0.15) is 16.4 Å². The normalized spacial score (nSPS) is 11.2. The molecule has 0 aliphatic rings. The summed E-state index contributed by atoms with van der Waals surface area (Å²) >= 11 is 0. The summed E-state index contributed by atoms with van der Waals surface area (Å²) < 4.78 is 0. The van der Waals surface area contributed by atoms with E-state index in [0.717, 1.165) is 13.1 Å². The Kier molecular flexibility index (Phi) is 7.52. The summed E-state index contributed by atoms with van der Waals surface area (Å²) in [6, 6.07) is 32.9. The molecule has 0 saturated carbocycles. The van der Waals surface area contributed by atoms with E-state index in [0.29, 0.717) is 0 Å². The van der Waals surface area contributed by atoms with Gasteiger partial charge in [-0.3, -0.25) is 0 Å². The molecule has 0 radical (unpaired) electrons. The Bertz CT molecular complexity index is 646. The zero-order chi connectivity index (χ0) is 16.8. The molecule has 0 aromatic heterocycles. The van der Waals surface area contributed by atoms with Gasteiger partial charge in [-0.15, -0.1) is 0 Å². The maximum atomic E-state index is 2.61. The molecule has 0 unspecified atom stereocenters. The van der Waals surface area contributed by atoms with Gasteiger partial charge in [0, 0.05) is 0 Å². The molecule has 0 saturated heterocycles. The molecule has 3 rings (SSSR count). The number of rotatable bonds is 6. The summed E-state index contributed by atoms with van der Waals surface area (Å²) in [6.45, 7) is 6.54. The summed E-state index contributed by atoms with van der Waals surface area (Å²) in [5.41, 5.74) is 4.12. The topological polar surface area (TPSA) is 3.24 Å². The average Bonchev–Trinajstić information content (AvgIpc) is 2.68. The first-order chi connectivity index (χ1) is 11.8. The van der Waals surface area contributed by atoms with Crippen molar-refractivity contribution < 1.29 is 29.6 Å². The molecule has 122 valence electrons. The summed E-state index contributed by atoms with van der Waals surface area (Å²) in [5, 5.41) is 0. The molecule has 3 aromatic carbocycles. The first kappa shape index (κ1) is 20.0. The van der Waals surface area contributed by atoms with Crippen molar-refractivity contribution in [2.24, 2.45) is 0 Å². The fraction of sp³-hybridized carbons (Fsp3) is 0.182. The Labute approximate surface area is 174 Å². The Morgan fingerprint density at radius 2 is 0.840 bits per heavy atom. The van der Waals surface area contributed by atoms with E-state index in [4.69, 9.17) is 0 Å². The second kappa shape index (κ2) is 9.40. The van der Waals surface area contributed by atoms with E-state index >= 15 is 0 Å². The standard InChI is InChI=1S/C22H25BN.Na/c1-3-24(4-2)23(20-14-8-5-9-15-20,21-16-10-6-11-17-21)22-18-12-7-13-19-22;/h5-19H,3-4H2,1-2H3;/q-1;+1. The molecule has 0 fully saturated rings. The van der Waals surface area contributed by atoms with Crippen LogP contribution in [0.1, 0.15) is 13.8 Å². The van der Waals surface area contributed by atoms with E-state index in [1.54, 1.807) is 0 Å². The third kappa shape index (κ3) is 3.78. The fourth-order valence-corrected chi connectivity index (χ4v) is 4.18. The van der Waals surface area contributed by atoms with Gasteiger partial charge < -0.3 is 4.81 Å². The van der Waals surface area contributed by atoms with Crippen molar-refractivity contribution in [3.05, 3.63) is 91.0 Å². The van der Waals surface area contributed by atoms with Gasteiger partial charge in [-0.25, -0.2) is 0 Å². The molecule has 0 bridgehead atoms. The van der Waals surface area contributed by atoms with Crippen LogP contribution in [0.5, 0.6) is 0 Å². The minimum atomic E-state index is -1.15. The Morgan fingerprint density at radius 1 is 0.560 bits per heavy atom. The SMILES string of the molecule is CCN(CC)[B-](c1ccccc1)(c1ccccc1)c1ccccc1.[Na+]. The molecule has 3 heteroatoms. The Hall–Kier alpha value is -1.32. The third-order valence-corrected chi connectivity index (χ3v) is 5.21. The number of benzene rings is 3. The molecule has 0 spiro atoms. The van der Waals surface area contributed by atoms with Gasteiger partial charge in [0.1, 0.15) is 6.28 Å². The summed E-state index contributed by atoms with van der Waals surface area (Å²) in [6.07, 6.45) is -1.15. The minimum absolute atomic E-state index is 0. The van der Waals surface area contributed by atoms with Gasteiger partial charge in [0.15, 0.2) is 0 Å². The van der Waals surface area contributed by atoms with Crippen molar-refractivity contribution in [2.45, 2.75) is 13.8 Å². The van der Waals surface area contributed by atoms with E-state index in [1.807, 2.05) is 0 Å². The molecule has 0 heterocycles. The quantitative estimate of drug-likeness (QED) is 0.573. The van der Waals surface area contributed by atoms with E-state index < -0.39 is 6.28 Å². The molecule has 3 aromatic rings.